The summed E-state index contributed by atoms with van der Waals surface area (Å²) >= 11 is 1.33. The topological polar surface area (TPSA) is 24.4 Å². The van der Waals surface area contributed by atoms with E-state index < -0.39 is 0 Å². The quantitative estimate of drug-likeness (QED) is 0.480. The Bertz CT molecular complexity index is 110. The maximum Gasteiger partial charge on any atom is 0.0585 e. The molecule has 1 N–H and O–H groups in total. The molecule has 0 heterocycles. The van der Waals surface area contributed by atoms with E-state index in [1.54, 1.807) is 6.08 Å². The Morgan fingerprint density at radius 3 is 2.89 bits per heavy atom. The van der Waals surface area contributed by atoms with Gasteiger partial charge in [-0.1, -0.05) is 13.5 Å². The van der Waals surface area contributed by atoms with Gasteiger partial charge in [0.15, 0.2) is 0 Å². The molecule has 0 fully saturated rings. The van der Waals surface area contributed by atoms with Gasteiger partial charge in [-0.25, -0.2) is 9.12 Å². The molecule has 0 saturated heterocycles. The van der Waals surface area contributed by atoms with Crippen molar-refractivity contribution in [1.29, 1.82) is 0 Å². The van der Waals surface area contributed by atoms with Crippen LogP contribution in [-0.2, 0) is 0 Å². The molecular formula is C6H12N2S. The van der Waals surface area contributed by atoms with Crippen molar-refractivity contribution in [2.24, 2.45) is 4.40 Å². The summed E-state index contributed by atoms with van der Waals surface area (Å²) in [6.07, 6.45) is 2.71. The van der Waals surface area contributed by atoms with E-state index in [2.05, 4.69) is 22.6 Å². The monoisotopic (exact) mass is 144 g/mol. The Balaban J connectivity index is 3.61. The van der Waals surface area contributed by atoms with Crippen molar-refractivity contribution in [2.45, 2.75) is 13.3 Å². The van der Waals surface area contributed by atoms with Crippen molar-refractivity contribution in [2.75, 3.05) is 7.05 Å². The molecule has 3 heteroatoms. The molecule has 0 atom stereocenters. The SMILES string of the molecule is C=C/C(CC)=N\SNC. The lowest BCUT2D eigenvalue weighted by Crippen LogP contribution is -1.92. The van der Waals surface area contributed by atoms with Gasteiger partial charge in [0.05, 0.1) is 12.1 Å². The van der Waals surface area contributed by atoms with Crippen LogP contribution in [0, 0.1) is 0 Å². The van der Waals surface area contributed by atoms with Gasteiger partial charge in [-0.15, -0.1) is 0 Å². The Kier molecular flexibility index (Phi) is 5.67. The average molecular weight is 144 g/mol. The van der Waals surface area contributed by atoms with E-state index in [9.17, 15) is 0 Å². The first-order valence-corrected chi connectivity index (χ1v) is 3.64. The summed E-state index contributed by atoms with van der Waals surface area (Å²) in [4.78, 5) is 0. The highest BCUT2D eigenvalue weighted by Gasteiger charge is 1.85. The van der Waals surface area contributed by atoms with Crippen LogP contribution in [0.1, 0.15) is 13.3 Å². The van der Waals surface area contributed by atoms with Gasteiger partial charge in [-0.2, -0.15) is 0 Å². The van der Waals surface area contributed by atoms with Crippen LogP contribution in [-0.4, -0.2) is 12.8 Å². The van der Waals surface area contributed by atoms with Crippen molar-refractivity contribution in [3.05, 3.63) is 12.7 Å². The summed E-state index contributed by atoms with van der Waals surface area (Å²) in [5.41, 5.74) is 1.02. The average Bonchev–Trinajstić information content (AvgIpc) is 1.91. The minimum absolute atomic E-state index is 0.943. The van der Waals surface area contributed by atoms with Crippen LogP contribution in [0.2, 0.25) is 0 Å². The summed E-state index contributed by atoms with van der Waals surface area (Å²) in [6.45, 7) is 5.67. The number of rotatable bonds is 4. The van der Waals surface area contributed by atoms with E-state index >= 15 is 0 Å². The maximum atomic E-state index is 4.08. The zero-order valence-electron chi connectivity index (χ0n) is 5.85. The zero-order valence-corrected chi connectivity index (χ0v) is 6.66. The largest absolute Gasteiger partial charge is 0.247 e. The lowest BCUT2D eigenvalue weighted by Gasteiger charge is -1.92. The number of hydrogen-bond donors (Lipinski definition) is 1. The fourth-order valence-electron chi connectivity index (χ4n) is 0.350. The van der Waals surface area contributed by atoms with E-state index in [-0.39, 0.29) is 0 Å². The molecule has 0 aliphatic heterocycles. The molecule has 0 aromatic heterocycles. The van der Waals surface area contributed by atoms with Gasteiger partial charge < -0.3 is 0 Å². The number of allylic oxidation sites excluding steroid dienone is 1. The minimum Gasteiger partial charge on any atom is -0.247 e. The minimum atomic E-state index is 0.943. The second-order valence-electron chi connectivity index (χ2n) is 1.44. The molecule has 0 saturated carbocycles. The molecular weight excluding hydrogens is 132 g/mol. The van der Waals surface area contributed by atoms with Crippen molar-refractivity contribution >= 4 is 17.8 Å². The molecule has 0 aromatic rings. The van der Waals surface area contributed by atoms with Gasteiger partial charge in [0.2, 0.25) is 0 Å². The number of nitrogens with zero attached hydrogens (tertiary/aromatic N) is 1. The Morgan fingerprint density at radius 2 is 2.56 bits per heavy atom. The van der Waals surface area contributed by atoms with Crippen LogP contribution >= 0.6 is 12.1 Å². The molecule has 0 aliphatic rings. The van der Waals surface area contributed by atoms with Crippen molar-refractivity contribution in [3.63, 3.8) is 0 Å². The lowest BCUT2D eigenvalue weighted by atomic mass is 10.3. The fourth-order valence-corrected chi connectivity index (χ4v) is 0.763. The third kappa shape index (κ3) is 4.24. The van der Waals surface area contributed by atoms with Crippen LogP contribution in [0.25, 0.3) is 0 Å². The highest BCUT2D eigenvalue weighted by Crippen LogP contribution is 1.97. The van der Waals surface area contributed by atoms with Crippen molar-refractivity contribution in [1.82, 2.24) is 4.72 Å². The summed E-state index contributed by atoms with van der Waals surface area (Å²) in [5.74, 6) is 0. The van der Waals surface area contributed by atoms with Gasteiger partial charge in [0.25, 0.3) is 0 Å². The predicted octanol–water partition coefficient (Wildman–Crippen LogP) is 1.81. The molecule has 0 rings (SSSR count). The van der Waals surface area contributed by atoms with Gasteiger partial charge in [0.1, 0.15) is 0 Å². The molecule has 0 aromatic carbocycles. The second-order valence-corrected chi connectivity index (χ2v) is 2.21. The highest BCUT2D eigenvalue weighted by molar-refractivity contribution is 7.96. The Labute approximate surface area is 60.7 Å². The zero-order chi connectivity index (χ0) is 7.11. The van der Waals surface area contributed by atoms with Gasteiger partial charge >= 0.3 is 0 Å². The van der Waals surface area contributed by atoms with Crippen LogP contribution in [0.5, 0.6) is 0 Å². The van der Waals surface area contributed by atoms with Crippen LogP contribution in [0.3, 0.4) is 0 Å². The standard InChI is InChI=1S/C6H12N2S/c1-4-6(5-2)8-9-7-3/h4,7H,1,5H2,2-3H3/b8-6+. The molecule has 0 bridgehead atoms. The van der Waals surface area contributed by atoms with Gasteiger partial charge in [-0.05, 0) is 19.5 Å². The molecule has 0 amide bonds. The normalized spacial score (nSPS) is 11.6. The maximum absolute atomic E-state index is 4.08. The number of hydrogen-bond acceptors (Lipinski definition) is 3. The lowest BCUT2D eigenvalue weighted by molar-refractivity contribution is 1.27. The third-order valence-electron chi connectivity index (χ3n) is 0.852. The number of nitrogens with one attached hydrogen (secondary N) is 1. The summed E-state index contributed by atoms with van der Waals surface area (Å²) in [7, 11) is 1.84. The van der Waals surface area contributed by atoms with Gasteiger partial charge in [0, 0.05) is 5.71 Å². The Morgan fingerprint density at radius 1 is 1.89 bits per heavy atom. The molecule has 0 spiro atoms. The van der Waals surface area contributed by atoms with Crippen LogP contribution < -0.4 is 4.72 Å². The predicted molar refractivity (Wildman–Crippen MR) is 44.6 cm³/mol. The molecule has 0 radical (unpaired) electrons. The first-order valence-electron chi connectivity index (χ1n) is 2.87. The smallest absolute Gasteiger partial charge is 0.0585 e. The van der Waals surface area contributed by atoms with Crippen molar-refractivity contribution in [3.8, 4) is 0 Å². The fraction of sp³-hybridized carbons (Fsp3) is 0.500. The first kappa shape index (κ1) is 8.72. The summed E-state index contributed by atoms with van der Waals surface area (Å²) in [5, 5.41) is 0. The van der Waals surface area contributed by atoms with Gasteiger partial charge in [-0.3, -0.25) is 0 Å². The molecule has 0 unspecified atom stereocenters. The van der Waals surface area contributed by atoms with Crippen LogP contribution in [0.15, 0.2) is 17.1 Å². The Hall–Kier alpha value is -0.280. The second kappa shape index (κ2) is 5.85. The highest BCUT2D eigenvalue weighted by atomic mass is 32.2. The molecule has 2 nitrogen and oxygen atoms in total. The molecule has 0 aliphatic carbocycles. The summed E-state index contributed by atoms with van der Waals surface area (Å²) < 4.78 is 6.93. The van der Waals surface area contributed by atoms with Crippen LogP contribution in [0.4, 0.5) is 0 Å². The van der Waals surface area contributed by atoms with E-state index in [1.807, 2.05) is 7.05 Å². The third-order valence-corrected chi connectivity index (χ3v) is 1.36. The molecule has 52 valence electrons. The van der Waals surface area contributed by atoms with E-state index in [0.29, 0.717) is 0 Å². The van der Waals surface area contributed by atoms with E-state index in [0.717, 1.165) is 12.1 Å². The first-order chi connectivity index (χ1) is 4.35. The van der Waals surface area contributed by atoms with E-state index in [4.69, 9.17) is 0 Å². The van der Waals surface area contributed by atoms with E-state index in [1.165, 1.54) is 12.1 Å². The molecule has 9 heavy (non-hydrogen) atoms. The van der Waals surface area contributed by atoms with Crippen molar-refractivity contribution < 1.29 is 0 Å². The summed E-state index contributed by atoms with van der Waals surface area (Å²) in [6, 6.07) is 0.